The summed E-state index contributed by atoms with van der Waals surface area (Å²) in [5.41, 5.74) is 2.75. The van der Waals surface area contributed by atoms with Gasteiger partial charge in [-0.2, -0.15) is 0 Å². The zero-order chi connectivity index (χ0) is 11.1. The predicted octanol–water partition coefficient (Wildman–Crippen LogP) is 5.07. The van der Waals surface area contributed by atoms with Gasteiger partial charge < -0.3 is 0 Å². The van der Waals surface area contributed by atoms with Gasteiger partial charge in [-0.1, -0.05) is 63.6 Å². The second-order valence-electron chi connectivity index (χ2n) is 4.10. The summed E-state index contributed by atoms with van der Waals surface area (Å²) in [6.45, 7) is 4.39. The molecule has 1 rings (SSSR count). The quantitative estimate of drug-likeness (QED) is 0.588. The standard InChI is InChI=1S/C14H21S/c1-3-5-6-7-12-8-10-13(11-9-12)14(15)4-2/h8-11,14H,3-7H2,1-2H3. The lowest BCUT2D eigenvalue weighted by Gasteiger charge is -2.08. The summed E-state index contributed by atoms with van der Waals surface area (Å²) in [7, 11) is 0. The van der Waals surface area contributed by atoms with E-state index < -0.39 is 0 Å². The van der Waals surface area contributed by atoms with Crippen LogP contribution in [0.5, 0.6) is 0 Å². The third-order valence-electron chi connectivity index (χ3n) is 2.79. The Bertz CT molecular complexity index is 263. The van der Waals surface area contributed by atoms with Gasteiger partial charge in [0.05, 0.1) is 0 Å². The number of benzene rings is 1. The van der Waals surface area contributed by atoms with Crippen molar-refractivity contribution in [2.24, 2.45) is 0 Å². The van der Waals surface area contributed by atoms with Crippen LogP contribution < -0.4 is 0 Å². The Morgan fingerprint density at radius 2 is 1.73 bits per heavy atom. The average molecular weight is 221 g/mol. The molecule has 0 spiro atoms. The molecule has 1 radical (unpaired) electrons. The van der Waals surface area contributed by atoms with Crippen LogP contribution in [0.2, 0.25) is 0 Å². The Balaban J connectivity index is 2.49. The van der Waals surface area contributed by atoms with Crippen molar-refractivity contribution in [2.45, 2.75) is 51.2 Å². The van der Waals surface area contributed by atoms with Crippen molar-refractivity contribution in [1.29, 1.82) is 0 Å². The highest BCUT2D eigenvalue weighted by Crippen LogP contribution is 2.23. The van der Waals surface area contributed by atoms with Gasteiger partial charge in [-0.3, -0.25) is 0 Å². The Labute approximate surface area is 99.5 Å². The zero-order valence-corrected chi connectivity index (χ0v) is 10.6. The molecule has 0 amide bonds. The van der Waals surface area contributed by atoms with Gasteiger partial charge in [0.1, 0.15) is 0 Å². The van der Waals surface area contributed by atoms with Crippen molar-refractivity contribution in [3.8, 4) is 0 Å². The fraction of sp³-hybridized carbons (Fsp3) is 0.571. The summed E-state index contributed by atoms with van der Waals surface area (Å²) < 4.78 is 0. The molecule has 0 saturated heterocycles. The number of unbranched alkanes of at least 4 members (excludes halogenated alkanes) is 2. The average Bonchev–Trinajstić information content (AvgIpc) is 2.29. The monoisotopic (exact) mass is 221 g/mol. The molecule has 0 nitrogen and oxygen atoms in total. The molecule has 0 aliphatic carbocycles. The van der Waals surface area contributed by atoms with Gasteiger partial charge >= 0.3 is 0 Å². The van der Waals surface area contributed by atoms with E-state index in [0.717, 1.165) is 6.42 Å². The van der Waals surface area contributed by atoms with E-state index in [4.69, 9.17) is 12.6 Å². The van der Waals surface area contributed by atoms with E-state index in [-0.39, 0.29) is 5.25 Å². The van der Waals surface area contributed by atoms with Gasteiger partial charge in [0, 0.05) is 5.25 Å². The molecule has 1 heteroatoms. The minimum absolute atomic E-state index is 0.287. The fourth-order valence-electron chi connectivity index (χ4n) is 1.71. The Hall–Kier alpha value is -0.430. The lowest BCUT2D eigenvalue weighted by molar-refractivity contribution is 0.717. The maximum atomic E-state index is 5.35. The molecule has 0 aromatic heterocycles. The first kappa shape index (κ1) is 12.6. The zero-order valence-electron chi connectivity index (χ0n) is 9.83. The minimum atomic E-state index is 0.287. The van der Waals surface area contributed by atoms with Crippen molar-refractivity contribution >= 4 is 12.6 Å². The molecule has 1 atom stereocenters. The third-order valence-corrected chi connectivity index (χ3v) is 3.40. The van der Waals surface area contributed by atoms with Gasteiger partial charge in [-0.05, 0) is 30.4 Å². The topological polar surface area (TPSA) is 0 Å². The summed E-state index contributed by atoms with van der Waals surface area (Å²) >= 11 is 5.35. The second kappa shape index (κ2) is 6.95. The van der Waals surface area contributed by atoms with Crippen LogP contribution in [0.15, 0.2) is 24.3 Å². The van der Waals surface area contributed by atoms with Crippen molar-refractivity contribution < 1.29 is 0 Å². The normalized spacial score (nSPS) is 12.7. The van der Waals surface area contributed by atoms with E-state index in [2.05, 4.69) is 38.1 Å². The molecule has 1 unspecified atom stereocenters. The van der Waals surface area contributed by atoms with E-state index >= 15 is 0 Å². The lowest BCUT2D eigenvalue weighted by atomic mass is 10.0. The minimum Gasteiger partial charge on any atom is -0.0853 e. The van der Waals surface area contributed by atoms with E-state index in [0.29, 0.717) is 0 Å². The predicted molar refractivity (Wildman–Crippen MR) is 70.3 cm³/mol. The maximum absolute atomic E-state index is 5.35. The summed E-state index contributed by atoms with van der Waals surface area (Å²) in [5.74, 6) is 0. The van der Waals surface area contributed by atoms with Crippen LogP contribution in [0, 0.1) is 0 Å². The van der Waals surface area contributed by atoms with Crippen LogP contribution in [-0.2, 0) is 6.42 Å². The molecule has 0 N–H and O–H groups in total. The molecular weight excluding hydrogens is 200 g/mol. The van der Waals surface area contributed by atoms with Crippen LogP contribution in [-0.4, -0.2) is 0 Å². The van der Waals surface area contributed by atoms with E-state index in [1.807, 2.05) is 0 Å². The molecule has 1 aromatic rings. The summed E-state index contributed by atoms with van der Waals surface area (Å²) in [4.78, 5) is 0. The Kier molecular flexibility index (Phi) is 5.85. The number of hydrogen-bond donors (Lipinski definition) is 0. The summed E-state index contributed by atoms with van der Waals surface area (Å²) in [6, 6.07) is 8.87. The summed E-state index contributed by atoms with van der Waals surface area (Å²) in [5, 5.41) is 0.287. The first-order valence-electron chi connectivity index (χ1n) is 6.02. The number of hydrogen-bond acceptors (Lipinski definition) is 0. The third kappa shape index (κ3) is 4.29. The summed E-state index contributed by atoms with van der Waals surface area (Å²) in [6.07, 6.45) is 6.19. The van der Waals surface area contributed by atoms with E-state index in [1.165, 1.54) is 36.8 Å². The van der Waals surface area contributed by atoms with Crippen LogP contribution >= 0.6 is 12.6 Å². The van der Waals surface area contributed by atoms with E-state index in [9.17, 15) is 0 Å². The highest BCUT2D eigenvalue weighted by molar-refractivity contribution is 7.80. The van der Waals surface area contributed by atoms with Crippen LogP contribution in [0.25, 0.3) is 0 Å². The van der Waals surface area contributed by atoms with Gasteiger partial charge in [-0.25, -0.2) is 0 Å². The Morgan fingerprint density at radius 1 is 1.07 bits per heavy atom. The molecule has 83 valence electrons. The van der Waals surface area contributed by atoms with Gasteiger partial charge in [0.15, 0.2) is 0 Å². The SMILES string of the molecule is CCCCCc1ccc(C([S])CC)cc1. The van der Waals surface area contributed by atoms with Crippen molar-refractivity contribution in [2.75, 3.05) is 0 Å². The molecule has 0 fully saturated rings. The van der Waals surface area contributed by atoms with E-state index in [1.54, 1.807) is 0 Å². The highest BCUT2D eigenvalue weighted by Gasteiger charge is 2.03. The van der Waals surface area contributed by atoms with Crippen molar-refractivity contribution in [1.82, 2.24) is 0 Å². The molecular formula is C14H21S. The number of aryl methyl sites for hydroxylation is 1. The van der Waals surface area contributed by atoms with Crippen LogP contribution in [0.4, 0.5) is 0 Å². The lowest BCUT2D eigenvalue weighted by Crippen LogP contribution is -1.90. The molecule has 15 heavy (non-hydrogen) atoms. The van der Waals surface area contributed by atoms with Gasteiger partial charge in [-0.15, -0.1) is 0 Å². The first-order valence-corrected chi connectivity index (χ1v) is 6.49. The highest BCUT2D eigenvalue weighted by atomic mass is 32.1. The first-order chi connectivity index (χ1) is 7.27. The second-order valence-corrected chi connectivity index (χ2v) is 4.66. The smallest absolute Gasteiger partial charge is 0.0398 e. The van der Waals surface area contributed by atoms with Crippen molar-refractivity contribution in [3.05, 3.63) is 35.4 Å². The molecule has 0 heterocycles. The van der Waals surface area contributed by atoms with Crippen LogP contribution in [0.1, 0.15) is 55.9 Å². The molecule has 0 aliphatic rings. The molecule has 1 aromatic carbocycles. The Morgan fingerprint density at radius 3 is 2.27 bits per heavy atom. The molecule has 0 saturated carbocycles. The largest absolute Gasteiger partial charge is 0.0853 e. The van der Waals surface area contributed by atoms with Gasteiger partial charge in [0.2, 0.25) is 0 Å². The van der Waals surface area contributed by atoms with Gasteiger partial charge in [0.25, 0.3) is 0 Å². The molecule has 0 bridgehead atoms. The van der Waals surface area contributed by atoms with Crippen molar-refractivity contribution in [3.63, 3.8) is 0 Å². The maximum Gasteiger partial charge on any atom is 0.0398 e. The van der Waals surface area contributed by atoms with Crippen LogP contribution in [0.3, 0.4) is 0 Å². The number of rotatable bonds is 6. The fourth-order valence-corrected chi connectivity index (χ4v) is 1.87. The molecule has 0 aliphatic heterocycles.